The number of aryl methyl sites for hydroxylation is 3. The number of carboxylic acids is 1. The van der Waals surface area contributed by atoms with Gasteiger partial charge in [0.25, 0.3) is 11.8 Å². The van der Waals surface area contributed by atoms with E-state index in [1.807, 2.05) is 66.7 Å². The summed E-state index contributed by atoms with van der Waals surface area (Å²) in [6.07, 6.45) is 6.00. The van der Waals surface area contributed by atoms with Gasteiger partial charge in [0.2, 0.25) is 5.89 Å². The Balaban J connectivity index is 1.77. The summed E-state index contributed by atoms with van der Waals surface area (Å²) in [6.45, 7) is 17.0. The summed E-state index contributed by atoms with van der Waals surface area (Å²) >= 11 is 0. The standard InChI is InChI=1S/C53H65F2N5O7/c1-9-20-59(21-10-2)48(61)39-30-38(47-56-19-24-66-47)31-40(32-39)51(65)67-53(18-17-37-28-42(54)33-43(55)29-37,34-57-52(7,8)41-16-14-15-36(13-5)27-41)58-46-44(25-35(6)26-45(46)50(63)64)49(62)60(22-11-3)23-12-4/h14-16,19,24-33,57-58H,9-13,17-18,20-23,34H2,1-8H3,(H,63,64)/t53-/m1/s1. The Hall–Kier alpha value is -6.41. The number of carboxylic acid groups (broad SMARTS) is 1. The molecule has 5 rings (SSSR count). The number of carbonyl (C=O) groups excluding carboxylic acids is 3. The minimum absolute atomic E-state index is 0.0390. The summed E-state index contributed by atoms with van der Waals surface area (Å²) in [5.41, 5.74) is 0.0714. The maximum Gasteiger partial charge on any atom is 0.340 e. The van der Waals surface area contributed by atoms with Crippen molar-refractivity contribution in [2.75, 3.05) is 38.0 Å². The molecule has 0 aliphatic heterocycles. The van der Waals surface area contributed by atoms with Crippen molar-refractivity contribution in [3.8, 4) is 11.5 Å². The fourth-order valence-corrected chi connectivity index (χ4v) is 8.20. The normalized spacial score (nSPS) is 12.3. The zero-order valence-corrected chi connectivity index (χ0v) is 40.1. The monoisotopic (exact) mass is 921 g/mol. The van der Waals surface area contributed by atoms with E-state index >= 15 is 4.79 Å². The fourth-order valence-electron chi connectivity index (χ4n) is 8.20. The lowest BCUT2D eigenvalue weighted by atomic mass is 9.91. The Morgan fingerprint density at radius 3 is 1.96 bits per heavy atom. The van der Waals surface area contributed by atoms with Crippen LogP contribution in [0.1, 0.15) is 144 Å². The molecule has 1 atom stereocenters. The number of nitrogens with one attached hydrogen (secondary N) is 2. The smallest absolute Gasteiger partial charge is 0.340 e. The second kappa shape index (κ2) is 23.4. The van der Waals surface area contributed by atoms with Gasteiger partial charge in [-0.05, 0) is 124 Å². The van der Waals surface area contributed by atoms with E-state index in [1.54, 1.807) is 28.9 Å². The molecule has 12 nitrogen and oxygen atoms in total. The molecule has 0 unspecified atom stereocenters. The summed E-state index contributed by atoms with van der Waals surface area (Å²) in [6, 6.07) is 18.7. The Labute approximate surface area is 393 Å². The first-order chi connectivity index (χ1) is 32.0. The van der Waals surface area contributed by atoms with Crippen molar-refractivity contribution in [1.82, 2.24) is 20.1 Å². The molecule has 0 spiro atoms. The third-order valence-electron chi connectivity index (χ3n) is 11.6. The summed E-state index contributed by atoms with van der Waals surface area (Å²) in [5.74, 6) is -4.50. The number of halogens is 2. The van der Waals surface area contributed by atoms with E-state index in [2.05, 4.69) is 21.7 Å². The van der Waals surface area contributed by atoms with Gasteiger partial charge < -0.3 is 34.7 Å². The summed E-state index contributed by atoms with van der Waals surface area (Å²) in [5, 5.41) is 17.7. The van der Waals surface area contributed by atoms with Crippen LogP contribution >= 0.6 is 0 Å². The summed E-state index contributed by atoms with van der Waals surface area (Å²) in [4.78, 5) is 64.9. The molecule has 14 heteroatoms. The number of hydrogen-bond donors (Lipinski definition) is 3. The molecule has 67 heavy (non-hydrogen) atoms. The van der Waals surface area contributed by atoms with Gasteiger partial charge in [-0.3, -0.25) is 9.59 Å². The number of nitrogens with zero attached hydrogens (tertiary/aromatic N) is 3. The highest BCUT2D eigenvalue weighted by Gasteiger charge is 2.40. The molecule has 0 saturated carbocycles. The van der Waals surface area contributed by atoms with E-state index in [-0.39, 0.29) is 64.7 Å². The highest BCUT2D eigenvalue weighted by Crippen LogP contribution is 2.34. The molecule has 4 aromatic carbocycles. The van der Waals surface area contributed by atoms with Crippen molar-refractivity contribution < 1.29 is 42.2 Å². The zero-order chi connectivity index (χ0) is 48.9. The van der Waals surface area contributed by atoms with Crippen molar-refractivity contribution >= 4 is 29.4 Å². The number of aromatic carboxylic acids is 1. The number of rotatable bonds is 24. The van der Waals surface area contributed by atoms with Crippen LogP contribution < -0.4 is 10.6 Å². The van der Waals surface area contributed by atoms with Gasteiger partial charge in [0.1, 0.15) is 17.9 Å². The Kier molecular flexibility index (Phi) is 18.0. The number of amides is 2. The van der Waals surface area contributed by atoms with Gasteiger partial charge in [0.05, 0.1) is 35.1 Å². The molecule has 0 bridgehead atoms. The summed E-state index contributed by atoms with van der Waals surface area (Å²) in [7, 11) is 0. The van der Waals surface area contributed by atoms with Crippen LogP contribution in [-0.4, -0.2) is 82.1 Å². The second-order valence-corrected chi connectivity index (χ2v) is 17.6. The highest BCUT2D eigenvalue weighted by atomic mass is 19.1. The molecular formula is C53H65F2N5O7. The predicted molar refractivity (Wildman–Crippen MR) is 256 cm³/mol. The number of hydrogen-bond acceptors (Lipinski definition) is 9. The summed E-state index contributed by atoms with van der Waals surface area (Å²) < 4.78 is 42.0. The molecular weight excluding hydrogens is 857 g/mol. The molecule has 2 amide bonds. The molecule has 0 radical (unpaired) electrons. The topological polar surface area (TPSA) is 154 Å². The number of anilines is 1. The molecule has 3 N–H and O–H groups in total. The van der Waals surface area contributed by atoms with E-state index in [9.17, 15) is 28.3 Å². The van der Waals surface area contributed by atoms with Gasteiger partial charge >= 0.3 is 11.9 Å². The first-order valence-corrected chi connectivity index (χ1v) is 23.3. The van der Waals surface area contributed by atoms with Gasteiger partial charge in [-0.2, -0.15) is 0 Å². The van der Waals surface area contributed by atoms with E-state index in [0.29, 0.717) is 63.0 Å². The van der Waals surface area contributed by atoms with Gasteiger partial charge in [-0.25, -0.2) is 23.4 Å². The lowest BCUT2D eigenvalue weighted by Gasteiger charge is -2.40. The molecule has 1 aromatic heterocycles. The molecule has 1 heterocycles. The van der Waals surface area contributed by atoms with Gasteiger partial charge in [-0.15, -0.1) is 0 Å². The van der Waals surface area contributed by atoms with Crippen molar-refractivity contribution in [2.45, 2.75) is 112 Å². The maximum atomic E-state index is 15.2. The minimum atomic E-state index is -1.96. The average Bonchev–Trinajstić information content (AvgIpc) is 3.85. The SMILES string of the molecule is CCCN(CCC)C(=O)c1cc(C(=O)O[C@](CCc2cc(F)cc(F)c2)(CNC(C)(C)c2cccc(CC)c2)Nc2c(C(=O)O)cc(C)cc2C(=O)N(CCC)CCC)cc(-c2ncco2)c1. The predicted octanol–water partition coefficient (Wildman–Crippen LogP) is 10.8. The van der Waals surface area contributed by atoms with Gasteiger partial charge in [-0.1, -0.05) is 58.9 Å². The van der Waals surface area contributed by atoms with Crippen LogP contribution in [0.3, 0.4) is 0 Å². The van der Waals surface area contributed by atoms with Crippen molar-refractivity contribution in [3.05, 3.63) is 141 Å². The number of benzene rings is 4. The second-order valence-electron chi connectivity index (χ2n) is 17.6. The van der Waals surface area contributed by atoms with Crippen molar-refractivity contribution in [2.24, 2.45) is 0 Å². The van der Waals surface area contributed by atoms with Crippen LogP contribution in [0.2, 0.25) is 0 Å². The molecule has 5 aromatic rings. The molecule has 0 saturated heterocycles. The average molecular weight is 922 g/mol. The Morgan fingerprint density at radius 2 is 1.37 bits per heavy atom. The molecule has 358 valence electrons. The first kappa shape index (κ1) is 51.6. The first-order valence-electron chi connectivity index (χ1n) is 23.3. The van der Waals surface area contributed by atoms with Crippen LogP contribution in [0, 0.1) is 18.6 Å². The largest absolute Gasteiger partial charge is 0.478 e. The van der Waals surface area contributed by atoms with E-state index in [0.717, 1.165) is 23.6 Å². The number of oxazole rings is 1. The van der Waals surface area contributed by atoms with Gasteiger partial charge in [0, 0.05) is 55.3 Å². The van der Waals surface area contributed by atoms with Crippen molar-refractivity contribution in [3.63, 3.8) is 0 Å². The van der Waals surface area contributed by atoms with E-state index in [1.165, 1.54) is 42.8 Å². The minimum Gasteiger partial charge on any atom is -0.478 e. The number of carbonyl (C=O) groups is 4. The zero-order valence-electron chi connectivity index (χ0n) is 40.1. The van der Waals surface area contributed by atoms with Crippen LogP contribution in [0.25, 0.3) is 11.5 Å². The Bertz CT molecular complexity index is 2480. The highest BCUT2D eigenvalue weighted by molar-refractivity contribution is 6.06. The lowest BCUT2D eigenvalue weighted by Crippen LogP contribution is -2.55. The fraction of sp³-hybridized carbons (Fsp3) is 0.415. The van der Waals surface area contributed by atoms with E-state index in [4.69, 9.17) is 9.15 Å². The maximum absolute atomic E-state index is 15.2. The van der Waals surface area contributed by atoms with Crippen LogP contribution in [0.15, 0.2) is 89.7 Å². The van der Waals surface area contributed by atoms with E-state index < -0.39 is 40.7 Å². The van der Waals surface area contributed by atoms with Crippen LogP contribution in [0.5, 0.6) is 0 Å². The third kappa shape index (κ3) is 13.4. The van der Waals surface area contributed by atoms with Crippen LogP contribution in [0.4, 0.5) is 14.5 Å². The molecule has 0 aliphatic carbocycles. The van der Waals surface area contributed by atoms with Gasteiger partial charge in [0.15, 0.2) is 5.72 Å². The van der Waals surface area contributed by atoms with Crippen molar-refractivity contribution in [1.29, 1.82) is 0 Å². The number of aromatic nitrogens is 1. The lowest BCUT2D eigenvalue weighted by molar-refractivity contribution is -0.0111. The number of ether oxygens (including phenoxy) is 1. The Morgan fingerprint density at radius 1 is 0.761 bits per heavy atom. The van der Waals surface area contributed by atoms with Crippen LogP contribution in [-0.2, 0) is 23.1 Å². The molecule has 0 fully saturated rings. The number of esters is 1. The third-order valence-corrected chi connectivity index (χ3v) is 11.6. The quantitative estimate of drug-likeness (QED) is 0.0402. The molecule has 0 aliphatic rings.